The van der Waals surface area contributed by atoms with Gasteiger partial charge in [0, 0.05) is 17.3 Å². The Hall–Kier alpha value is -0.750. The second kappa shape index (κ2) is 5.73. The normalized spacial score (nSPS) is 11.4. The first-order chi connectivity index (χ1) is 7.83. The summed E-state index contributed by atoms with van der Waals surface area (Å²) in [5.74, 6) is -0.691. The lowest BCUT2D eigenvalue weighted by Gasteiger charge is -2.10. The van der Waals surface area contributed by atoms with E-state index in [1.54, 1.807) is 0 Å². The van der Waals surface area contributed by atoms with Crippen molar-refractivity contribution in [2.45, 2.75) is 12.8 Å². The van der Waals surface area contributed by atoms with Crippen LogP contribution in [0.5, 0.6) is 5.75 Å². The molecule has 0 saturated carbocycles. The van der Waals surface area contributed by atoms with Gasteiger partial charge in [-0.25, -0.2) is 0 Å². The average Bonchev–Trinajstić information content (AvgIpc) is 2.15. The fourth-order valence-corrected chi connectivity index (χ4v) is 1.78. The molecule has 0 heterocycles. The van der Waals surface area contributed by atoms with E-state index < -0.39 is 12.1 Å². The molecule has 1 aromatic carbocycles. The van der Waals surface area contributed by atoms with Crippen molar-refractivity contribution in [2.24, 2.45) is 0 Å². The predicted octanol–water partition coefficient (Wildman–Crippen LogP) is 4.21. The third kappa shape index (κ3) is 4.55. The van der Waals surface area contributed by atoms with Crippen LogP contribution in [0.4, 0.5) is 13.2 Å². The summed E-state index contributed by atoms with van der Waals surface area (Å²) in [5, 5.41) is 0.404. The number of hydrogen-bond donors (Lipinski definition) is 0. The van der Waals surface area contributed by atoms with E-state index in [0.717, 1.165) is 12.1 Å². The monoisotopic (exact) mass is 330 g/mol. The molecule has 7 heteroatoms. The largest absolute Gasteiger partial charge is 0.573 e. The Balaban J connectivity index is 2.90. The summed E-state index contributed by atoms with van der Waals surface area (Å²) >= 11 is 8.79. The van der Waals surface area contributed by atoms with E-state index >= 15 is 0 Å². The van der Waals surface area contributed by atoms with Crippen molar-refractivity contribution in [1.82, 2.24) is 0 Å². The summed E-state index contributed by atoms with van der Waals surface area (Å²) in [6, 6.07) is 3.24. The van der Waals surface area contributed by atoms with Gasteiger partial charge in [0.25, 0.3) is 0 Å². The van der Waals surface area contributed by atoms with Crippen LogP contribution in [0.25, 0.3) is 0 Å². The molecular weight excluding hydrogens is 324 g/mol. The number of benzene rings is 1. The van der Waals surface area contributed by atoms with Crippen molar-refractivity contribution in [3.05, 3.63) is 28.8 Å². The molecule has 1 aromatic rings. The van der Waals surface area contributed by atoms with E-state index in [1.165, 1.54) is 6.07 Å². The van der Waals surface area contributed by atoms with E-state index in [4.69, 9.17) is 11.6 Å². The van der Waals surface area contributed by atoms with Gasteiger partial charge in [-0.05, 0) is 18.2 Å². The average molecular weight is 332 g/mol. The number of rotatable bonds is 4. The Kier molecular flexibility index (Phi) is 4.82. The predicted molar refractivity (Wildman–Crippen MR) is 60.9 cm³/mol. The zero-order valence-corrected chi connectivity index (χ0v) is 10.7. The molecule has 0 fully saturated rings. The molecule has 0 spiro atoms. The molecule has 0 radical (unpaired) electrons. The van der Waals surface area contributed by atoms with E-state index in [9.17, 15) is 18.0 Å². The fraction of sp³-hybridized carbons (Fsp3) is 0.300. The van der Waals surface area contributed by atoms with Crippen LogP contribution in [0.15, 0.2) is 18.2 Å². The molecule has 1 rings (SSSR count). The molecule has 0 aromatic heterocycles. The lowest BCUT2D eigenvalue weighted by molar-refractivity contribution is -0.274. The zero-order valence-electron chi connectivity index (χ0n) is 8.35. The van der Waals surface area contributed by atoms with Crippen LogP contribution in [-0.4, -0.2) is 17.5 Å². The van der Waals surface area contributed by atoms with Crippen molar-refractivity contribution in [3.63, 3.8) is 0 Å². The van der Waals surface area contributed by atoms with Crippen LogP contribution in [0.3, 0.4) is 0 Å². The van der Waals surface area contributed by atoms with E-state index in [2.05, 4.69) is 20.7 Å². The van der Waals surface area contributed by atoms with Gasteiger partial charge >= 0.3 is 6.36 Å². The molecule has 0 aliphatic rings. The number of ketones is 1. The number of hydrogen-bond acceptors (Lipinski definition) is 2. The highest BCUT2D eigenvalue weighted by Crippen LogP contribution is 2.28. The molecular formula is C10H7BrClF3O2. The van der Waals surface area contributed by atoms with E-state index in [1.807, 2.05) is 0 Å². The van der Waals surface area contributed by atoms with Crippen LogP contribution in [0.1, 0.15) is 16.8 Å². The maximum atomic E-state index is 11.9. The number of Topliss-reactive ketones (excluding diaryl/α,β-unsaturated/α-hetero) is 1. The van der Waals surface area contributed by atoms with Crippen molar-refractivity contribution >= 4 is 33.3 Å². The Labute approximate surface area is 109 Å². The van der Waals surface area contributed by atoms with Crippen LogP contribution in [0, 0.1) is 0 Å². The second-order valence-electron chi connectivity index (χ2n) is 3.05. The number of ether oxygens (including phenoxy) is 1. The van der Waals surface area contributed by atoms with Gasteiger partial charge in [-0.1, -0.05) is 27.5 Å². The van der Waals surface area contributed by atoms with Crippen molar-refractivity contribution in [3.8, 4) is 5.75 Å². The maximum Gasteiger partial charge on any atom is 0.573 e. The molecule has 0 atom stereocenters. The highest BCUT2D eigenvalue weighted by atomic mass is 79.9. The lowest BCUT2D eigenvalue weighted by atomic mass is 10.1. The summed E-state index contributed by atoms with van der Waals surface area (Å²) in [6.07, 6.45) is -4.55. The van der Waals surface area contributed by atoms with Gasteiger partial charge < -0.3 is 4.74 Å². The van der Waals surface area contributed by atoms with Crippen molar-refractivity contribution in [1.29, 1.82) is 0 Å². The highest BCUT2D eigenvalue weighted by molar-refractivity contribution is 9.09. The summed E-state index contributed by atoms with van der Waals surface area (Å²) in [5.41, 5.74) is 0.181. The minimum atomic E-state index is -4.77. The molecule has 0 amide bonds. The third-order valence-electron chi connectivity index (χ3n) is 1.80. The highest BCUT2D eigenvalue weighted by Gasteiger charge is 2.31. The van der Waals surface area contributed by atoms with Crippen LogP contribution < -0.4 is 4.74 Å². The Bertz CT molecular complexity index is 421. The van der Waals surface area contributed by atoms with Crippen LogP contribution in [-0.2, 0) is 0 Å². The van der Waals surface area contributed by atoms with Gasteiger partial charge in [-0.15, -0.1) is 13.2 Å². The molecule has 94 valence electrons. The summed E-state index contributed by atoms with van der Waals surface area (Å²) < 4.78 is 39.4. The minimum absolute atomic E-state index is 0.0577. The second-order valence-corrected chi connectivity index (χ2v) is 4.25. The minimum Gasteiger partial charge on any atom is -0.406 e. The van der Waals surface area contributed by atoms with E-state index in [-0.39, 0.29) is 22.8 Å². The quantitative estimate of drug-likeness (QED) is 0.610. The number of halogens is 5. The lowest BCUT2D eigenvalue weighted by Crippen LogP contribution is -2.17. The summed E-state index contributed by atoms with van der Waals surface area (Å²) in [4.78, 5) is 11.5. The van der Waals surface area contributed by atoms with Gasteiger partial charge in [-0.2, -0.15) is 0 Å². The first-order valence-corrected chi connectivity index (χ1v) is 5.98. The first kappa shape index (κ1) is 14.3. The van der Waals surface area contributed by atoms with Gasteiger partial charge in [0.05, 0.1) is 5.02 Å². The van der Waals surface area contributed by atoms with Crippen molar-refractivity contribution < 1.29 is 22.7 Å². The van der Waals surface area contributed by atoms with Crippen LogP contribution >= 0.6 is 27.5 Å². The molecule has 0 N–H and O–H groups in total. The Morgan fingerprint density at radius 2 is 2.06 bits per heavy atom. The van der Waals surface area contributed by atoms with E-state index in [0.29, 0.717) is 5.33 Å². The molecule has 0 unspecified atom stereocenters. The van der Waals surface area contributed by atoms with Crippen LogP contribution in [0.2, 0.25) is 5.02 Å². The molecule has 0 saturated heterocycles. The molecule has 2 nitrogen and oxygen atoms in total. The summed E-state index contributed by atoms with van der Waals surface area (Å²) in [6.45, 7) is 0. The SMILES string of the molecule is O=C(CCBr)c1ccc(OC(F)(F)F)cc1Cl. The van der Waals surface area contributed by atoms with Gasteiger partial charge in [0.1, 0.15) is 5.75 Å². The number of carbonyl (C=O) groups excluding carboxylic acids is 1. The maximum absolute atomic E-state index is 11.9. The standard InChI is InChI=1S/C10H7BrClF3O2/c11-4-3-9(16)7-2-1-6(5-8(7)12)17-10(13,14)15/h1-2,5H,3-4H2. The molecule has 0 bridgehead atoms. The van der Waals surface area contributed by atoms with Crippen molar-refractivity contribution in [2.75, 3.05) is 5.33 Å². The summed E-state index contributed by atoms with van der Waals surface area (Å²) in [7, 11) is 0. The smallest absolute Gasteiger partial charge is 0.406 e. The Morgan fingerprint density at radius 3 is 2.53 bits per heavy atom. The van der Waals surface area contributed by atoms with Gasteiger partial charge in [0.2, 0.25) is 0 Å². The Morgan fingerprint density at radius 1 is 1.41 bits per heavy atom. The van der Waals surface area contributed by atoms with Gasteiger partial charge in [-0.3, -0.25) is 4.79 Å². The zero-order chi connectivity index (χ0) is 13.1. The first-order valence-electron chi connectivity index (χ1n) is 4.48. The molecule has 0 aliphatic heterocycles. The number of carbonyl (C=O) groups is 1. The topological polar surface area (TPSA) is 26.3 Å². The third-order valence-corrected chi connectivity index (χ3v) is 2.51. The van der Waals surface area contributed by atoms with Gasteiger partial charge in [0.15, 0.2) is 5.78 Å². The number of alkyl halides is 4. The molecule has 17 heavy (non-hydrogen) atoms. The molecule has 0 aliphatic carbocycles. The fourth-order valence-electron chi connectivity index (χ4n) is 1.14.